The second-order valence-corrected chi connectivity index (χ2v) is 5.45. The van der Waals surface area contributed by atoms with Gasteiger partial charge in [-0.3, -0.25) is 4.79 Å². The Hall–Kier alpha value is -1.41. The molecule has 2 rings (SSSR count). The lowest BCUT2D eigenvalue weighted by Crippen LogP contribution is -2.02. The van der Waals surface area contributed by atoms with Crippen molar-refractivity contribution in [3.63, 3.8) is 0 Å². The summed E-state index contributed by atoms with van der Waals surface area (Å²) >= 11 is 3.44. The Morgan fingerprint density at radius 3 is 1.94 bits per heavy atom. The summed E-state index contributed by atoms with van der Waals surface area (Å²) in [5.41, 5.74) is 4.91. The van der Waals surface area contributed by atoms with Crippen LogP contribution in [0.2, 0.25) is 0 Å². The number of ketones is 1. The van der Waals surface area contributed by atoms with E-state index in [9.17, 15) is 4.79 Å². The number of hydrogen-bond donors (Lipinski definition) is 0. The van der Waals surface area contributed by atoms with Gasteiger partial charge in [-0.25, -0.2) is 0 Å². The molecule has 0 atom stereocenters. The van der Waals surface area contributed by atoms with Crippen LogP contribution >= 0.6 is 15.9 Å². The first kappa shape index (κ1) is 13.0. The molecule has 2 aromatic carbocycles. The normalized spacial score (nSPS) is 10.4. The van der Waals surface area contributed by atoms with Gasteiger partial charge in [-0.2, -0.15) is 0 Å². The molecule has 92 valence electrons. The topological polar surface area (TPSA) is 17.1 Å². The summed E-state index contributed by atoms with van der Waals surface area (Å²) in [4.78, 5) is 12.4. The highest BCUT2D eigenvalue weighted by atomic mass is 79.9. The number of carbonyl (C=O) groups is 1. The molecule has 2 aromatic rings. The zero-order valence-corrected chi connectivity index (χ0v) is 12.3. The molecule has 0 aromatic heterocycles. The average Bonchev–Trinajstić information content (AvgIpc) is 2.35. The fraction of sp³-hybridized carbons (Fsp3) is 0.188. The van der Waals surface area contributed by atoms with E-state index < -0.39 is 0 Å². The number of rotatable bonds is 2. The molecule has 1 nitrogen and oxygen atoms in total. The zero-order chi connectivity index (χ0) is 13.3. The third-order valence-corrected chi connectivity index (χ3v) is 4.08. The van der Waals surface area contributed by atoms with E-state index in [-0.39, 0.29) is 5.78 Å². The Bertz CT molecular complexity index is 561. The third kappa shape index (κ3) is 2.54. The van der Waals surface area contributed by atoms with Crippen molar-refractivity contribution in [3.05, 3.63) is 68.7 Å². The molecule has 0 bridgehead atoms. The maximum atomic E-state index is 12.4. The zero-order valence-electron chi connectivity index (χ0n) is 10.8. The largest absolute Gasteiger partial charge is 0.289 e. The first-order valence-corrected chi connectivity index (χ1v) is 6.66. The highest BCUT2D eigenvalue weighted by molar-refractivity contribution is 9.10. The number of carbonyl (C=O) groups excluding carboxylic acids is 1. The minimum Gasteiger partial charge on any atom is -0.289 e. The monoisotopic (exact) mass is 302 g/mol. The van der Waals surface area contributed by atoms with Crippen molar-refractivity contribution in [1.82, 2.24) is 0 Å². The van der Waals surface area contributed by atoms with Gasteiger partial charge in [0, 0.05) is 15.6 Å². The standard InChI is InChI=1S/C16H15BrO/c1-10-4-5-13(8-11(10)2)16(18)14-6-7-15(17)12(3)9-14/h4-9H,1-3H3. The van der Waals surface area contributed by atoms with Crippen LogP contribution in [0.25, 0.3) is 0 Å². The van der Waals surface area contributed by atoms with Crippen molar-refractivity contribution >= 4 is 21.7 Å². The quantitative estimate of drug-likeness (QED) is 0.741. The second-order valence-electron chi connectivity index (χ2n) is 4.59. The molecular weight excluding hydrogens is 288 g/mol. The van der Waals surface area contributed by atoms with Gasteiger partial charge in [0.05, 0.1) is 0 Å². The second kappa shape index (κ2) is 5.07. The summed E-state index contributed by atoms with van der Waals surface area (Å²) in [5.74, 6) is 0.0775. The minimum atomic E-state index is 0.0775. The van der Waals surface area contributed by atoms with Crippen molar-refractivity contribution in [3.8, 4) is 0 Å². The molecule has 18 heavy (non-hydrogen) atoms. The van der Waals surface area contributed by atoms with Gasteiger partial charge in [0.25, 0.3) is 0 Å². The van der Waals surface area contributed by atoms with Crippen molar-refractivity contribution in [1.29, 1.82) is 0 Å². The summed E-state index contributed by atoms with van der Waals surface area (Å²) in [6.45, 7) is 6.06. The van der Waals surface area contributed by atoms with Crippen LogP contribution in [0.3, 0.4) is 0 Å². The molecule has 0 aliphatic carbocycles. The van der Waals surface area contributed by atoms with Gasteiger partial charge in [0.2, 0.25) is 0 Å². The van der Waals surface area contributed by atoms with Gasteiger partial charge in [-0.05, 0) is 61.7 Å². The summed E-state index contributed by atoms with van der Waals surface area (Å²) in [6, 6.07) is 11.5. The van der Waals surface area contributed by atoms with Crippen LogP contribution in [-0.2, 0) is 0 Å². The summed E-state index contributed by atoms with van der Waals surface area (Å²) in [6.07, 6.45) is 0. The molecule has 0 fully saturated rings. The molecule has 0 saturated heterocycles. The fourth-order valence-electron chi connectivity index (χ4n) is 1.84. The molecule has 0 aliphatic rings. The van der Waals surface area contributed by atoms with Crippen LogP contribution in [0.1, 0.15) is 32.6 Å². The number of aryl methyl sites for hydroxylation is 3. The molecule has 0 saturated carbocycles. The van der Waals surface area contributed by atoms with Gasteiger partial charge in [-0.15, -0.1) is 0 Å². The summed E-state index contributed by atoms with van der Waals surface area (Å²) in [5, 5.41) is 0. The van der Waals surface area contributed by atoms with E-state index >= 15 is 0 Å². The van der Waals surface area contributed by atoms with Crippen molar-refractivity contribution < 1.29 is 4.79 Å². The molecule has 0 spiro atoms. The van der Waals surface area contributed by atoms with Crippen molar-refractivity contribution in [2.24, 2.45) is 0 Å². The first-order chi connectivity index (χ1) is 8.49. The lowest BCUT2D eigenvalue weighted by molar-refractivity contribution is 0.103. The molecule has 0 unspecified atom stereocenters. The van der Waals surface area contributed by atoms with Gasteiger partial charge in [0.1, 0.15) is 0 Å². The molecular formula is C16H15BrO. The minimum absolute atomic E-state index is 0.0775. The van der Waals surface area contributed by atoms with E-state index in [0.717, 1.165) is 26.7 Å². The summed E-state index contributed by atoms with van der Waals surface area (Å²) < 4.78 is 1.03. The number of benzene rings is 2. The van der Waals surface area contributed by atoms with Crippen LogP contribution in [0.4, 0.5) is 0 Å². The van der Waals surface area contributed by atoms with Crippen molar-refractivity contribution in [2.45, 2.75) is 20.8 Å². The number of halogens is 1. The molecule has 0 radical (unpaired) electrons. The van der Waals surface area contributed by atoms with Gasteiger partial charge >= 0.3 is 0 Å². The predicted octanol–water partition coefficient (Wildman–Crippen LogP) is 4.61. The lowest BCUT2D eigenvalue weighted by Gasteiger charge is -2.06. The van der Waals surface area contributed by atoms with Crippen LogP contribution in [0.15, 0.2) is 40.9 Å². The molecule has 0 heterocycles. The number of hydrogen-bond acceptors (Lipinski definition) is 1. The van der Waals surface area contributed by atoms with Gasteiger partial charge < -0.3 is 0 Å². The third-order valence-electron chi connectivity index (χ3n) is 3.19. The van der Waals surface area contributed by atoms with Crippen LogP contribution < -0.4 is 0 Å². The Morgan fingerprint density at radius 2 is 1.39 bits per heavy atom. The maximum Gasteiger partial charge on any atom is 0.193 e. The summed E-state index contributed by atoms with van der Waals surface area (Å²) in [7, 11) is 0. The molecule has 2 heteroatoms. The smallest absolute Gasteiger partial charge is 0.193 e. The van der Waals surface area contributed by atoms with Crippen molar-refractivity contribution in [2.75, 3.05) is 0 Å². The van der Waals surface area contributed by atoms with Crippen LogP contribution in [-0.4, -0.2) is 5.78 Å². The van der Waals surface area contributed by atoms with Gasteiger partial charge in [-0.1, -0.05) is 28.1 Å². The molecule has 0 amide bonds. The fourth-order valence-corrected chi connectivity index (χ4v) is 2.08. The SMILES string of the molecule is Cc1ccc(C(=O)c2ccc(Br)c(C)c2)cc1C. The van der Waals surface area contributed by atoms with E-state index in [1.807, 2.05) is 57.2 Å². The van der Waals surface area contributed by atoms with Crippen LogP contribution in [0, 0.1) is 20.8 Å². The lowest BCUT2D eigenvalue weighted by atomic mass is 9.98. The molecule has 0 aliphatic heterocycles. The average molecular weight is 303 g/mol. The van der Waals surface area contributed by atoms with E-state index in [4.69, 9.17) is 0 Å². The highest BCUT2D eigenvalue weighted by Gasteiger charge is 2.10. The Labute approximate surface area is 116 Å². The van der Waals surface area contributed by atoms with E-state index in [1.165, 1.54) is 5.56 Å². The van der Waals surface area contributed by atoms with E-state index in [1.54, 1.807) is 0 Å². The van der Waals surface area contributed by atoms with E-state index in [0.29, 0.717) is 0 Å². The maximum absolute atomic E-state index is 12.4. The van der Waals surface area contributed by atoms with Crippen LogP contribution in [0.5, 0.6) is 0 Å². The molecule has 0 N–H and O–H groups in total. The first-order valence-electron chi connectivity index (χ1n) is 5.87. The Balaban J connectivity index is 2.41. The Kier molecular flexibility index (Phi) is 3.67. The highest BCUT2D eigenvalue weighted by Crippen LogP contribution is 2.20. The van der Waals surface area contributed by atoms with Gasteiger partial charge in [0.15, 0.2) is 5.78 Å². The van der Waals surface area contributed by atoms with E-state index in [2.05, 4.69) is 15.9 Å². The predicted molar refractivity (Wildman–Crippen MR) is 78.2 cm³/mol. The Morgan fingerprint density at radius 1 is 0.833 bits per heavy atom.